The fourth-order valence-corrected chi connectivity index (χ4v) is 1.62. The number of rotatable bonds is 4. The lowest BCUT2D eigenvalue weighted by atomic mass is 10.3. The van der Waals surface area contributed by atoms with Crippen molar-refractivity contribution in [2.24, 2.45) is 0 Å². The number of nitrogens with one attached hydrogen (secondary N) is 1. The highest BCUT2D eigenvalue weighted by atomic mass is 32.2. The summed E-state index contributed by atoms with van der Waals surface area (Å²) in [5.74, 6) is 1.98. The van der Waals surface area contributed by atoms with Crippen LogP contribution in [0.3, 0.4) is 0 Å². The summed E-state index contributed by atoms with van der Waals surface area (Å²) >= 11 is 1.94. The molecule has 0 saturated heterocycles. The lowest BCUT2D eigenvalue weighted by molar-refractivity contribution is 1.10. The normalized spacial score (nSPS) is 10.5. The van der Waals surface area contributed by atoms with Crippen LogP contribution in [0, 0.1) is 0 Å². The van der Waals surface area contributed by atoms with Crippen LogP contribution in [0.2, 0.25) is 0 Å². The van der Waals surface area contributed by atoms with Crippen LogP contribution in [0.25, 0.3) is 0 Å². The maximum absolute atomic E-state index is 4.25. The van der Waals surface area contributed by atoms with E-state index in [1.165, 1.54) is 5.56 Å². The van der Waals surface area contributed by atoms with Gasteiger partial charge in [-0.3, -0.25) is 0 Å². The first-order valence-electron chi connectivity index (χ1n) is 4.46. The summed E-state index contributed by atoms with van der Waals surface area (Å²) in [6.45, 7) is 4.42. The Balaban J connectivity index is 2.49. The third-order valence-electron chi connectivity index (χ3n) is 1.66. The molecule has 1 heterocycles. The molecule has 0 amide bonds. The van der Waals surface area contributed by atoms with Crippen molar-refractivity contribution in [3.63, 3.8) is 0 Å². The molecule has 0 aliphatic carbocycles. The second-order valence-corrected chi connectivity index (χ2v) is 4.73. The molecule has 0 radical (unpaired) electrons. The number of pyridine rings is 1. The summed E-state index contributed by atoms with van der Waals surface area (Å²) in [4.78, 5) is 4.25. The van der Waals surface area contributed by atoms with Crippen LogP contribution in [0.5, 0.6) is 0 Å². The molecule has 72 valence electrons. The molecule has 0 bridgehead atoms. The largest absolute Gasteiger partial charge is 0.373 e. The van der Waals surface area contributed by atoms with Crippen LogP contribution < -0.4 is 5.32 Å². The fraction of sp³-hybridized carbons (Fsp3) is 0.500. The van der Waals surface area contributed by atoms with E-state index in [-0.39, 0.29) is 0 Å². The zero-order chi connectivity index (χ0) is 9.68. The SMILES string of the molecule is CNc1ccc(CSC(C)C)cn1. The number of hydrogen-bond acceptors (Lipinski definition) is 3. The Labute approximate surface area is 84.1 Å². The first-order valence-corrected chi connectivity index (χ1v) is 5.51. The van der Waals surface area contributed by atoms with Gasteiger partial charge in [-0.15, -0.1) is 0 Å². The van der Waals surface area contributed by atoms with Crippen LogP contribution in [-0.2, 0) is 5.75 Å². The molecule has 1 rings (SSSR count). The van der Waals surface area contributed by atoms with E-state index in [1.807, 2.05) is 31.1 Å². The molecule has 0 spiro atoms. The van der Waals surface area contributed by atoms with Gasteiger partial charge in [0.25, 0.3) is 0 Å². The van der Waals surface area contributed by atoms with E-state index in [1.54, 1.807) is 0 Å². The van der Waals surface area contributed by atoms with Crippen molar-refractivity contribution in [2.45, 2.75) is 24.9 Å². The van der Waals surface area contributed by atoms with Gasteiger partial charge in [-0.25, -0.2) is 4.98 Å². The second kappa shape index (κ2) is 5.12. The average Bonchev–Trinajstić information content (AvgIpc) is 2.15. The summed E-state index contributed by atoms with van der Waals surface area (Å²) in [5, 5.41) is 3.69. The molecule has 0 fully saturated rings. The van der Waals surface area contributed by atoms with Gasteiger partial charge in [0.2, 0.25) is 0 Å². The van der Waals surface area contributed by atoms with Crippen molar-refractivity contribution in [3.8, 4) is 0 Å². The zero-order valence-corrected chi connectivity index (χ0v) is 9.19. The van der Waals surface area contributed by atoms with E-state index in [0.29, 0.717) is 5.25 Å². The Morgan fingerprint density at radius 2 is 2.23 bits per heavy atom. The van der Waals surface area contributed by atoms with Crippen molar-refractivity contribution >= 4 is 17.6 Å². The average molecular weight is 196 g/mol. The van der Waals surface area contributed by atoms with Gasteiger partial charge in [0.1, 0.15) is 5.82 Å². The topological polar surface area (TPSA) is 24.9 Å². The standard InChI is InChI=1S/C10H16N2S/c1-8(2)13-7-9-4-5-10(11-3)12-6-9/h4-6,8H,7H2,1-3H3,(H,11,12). The van der Waals surface area contributed by atoms with Crippen molar-refractivity contribution in [1.29, 1.82) is 0 Å². The molecular weight excluding hydrogens is 180 g/mol. The Hall–Kier alpha value is -0.700. The fourth-order valence-electron chi connectivity index (χ4n) is 0.921. The molecular formula is C10H16N2S. The van der Waals surface area contributed by atoms with Crippen LogP contribution in [0.1, 0.15) is 19.4 Å². The van der Waals surface area contributed by atoms with Gasteiger partial charge in [-0.2, -0.15) is 11.8 Å². The Kier molecular flexibility index (Phi) is 4.09. The Bertz CT molecular complexity index is 244. The number of nitrogens with zero attached hydrogens (tertiary/aromatic N) is 1. The molecule has 1 aromatic heterocycles. The van der Waals surface area contributed by atoms with E-state index in [9.17, 15) is 0 Å². The minimum absolute atomic E-state index is 0.684. The molecule has 0 aliphatic rings. The van der Waals surface area contributed by atoms with Crippen molar-refractivity contribution in [1.82, 2.24) is 4.98 Å². The van der Waals surface area contributed by atoms with E-state index in [2.05, 4.69) is 30.2 Å². The number of thioether (sulfide) groups is 1. The van der Waals surface area contributed by atoms with E-state index >= 15 is 0 Å². The molecule has 0 atom stereocenters. The highest BCUT2D eigenvalue weighted by Crippen LogP contribution is 2.16. The number of aromatic nitrogens is 1. The van der Waals surface area contributed by atoms with Gasteiger partial charge < -0.3 is 5.32 Å². The third kappa shape index (κ3) is 3.68. The third-order valence-corrected chi connectivity index (χ3v) is 2.83. The summed E-state index contributed by atoms with van der Waals surface area (Å²) in [5.41, 5.74) is 1.29. The van der Waals surface area contributed by atoms with Crippen molar-refractivity contribution < 1.29 is 0 Å². The lowest BCUT2D eigenvalue weighted by Gasteiger charge is -2.05. The molecule has 0 unspecified atom stereocenters. The second-order valence-electron chi connectivity index (χ2n) is 3.16. The summed E-state index contributed by atoms with van der Waals surface area (Å²) in [6, 6.07) is 4.13. The maximum Gasteiger partial charge on any atom is 0.125 e. The van der Waals surface area contributed by atoms with Crippen LogP contribution in [-0.4, -0.2) is 17.3 Å². The monoisotopic (exact) mass is 196 g/mol. The first kappa shape index (κ1) is 10.4. The summed E-state index contributed by atoms with van der Waals surface area (Å²) in [7, 11) is 1.88. The number of hydrogen-bond donors (Lipinski definition) is 1. The predicted octanol–water partition coefficient (Wildman–Crippen LogP) is 2.76. The molecule has 1 aromatic rings. The summed E-state index contributed by atoms with van der Waals surface area (Å²) in [6.07, 6.45) is 1.93. The zero-order valence-electron chi connectivity index (χ0n) is 8.37. The maximum atomic E-state index is 4.25. The highest BCUT2D eigenvalue weighted by molar-refractivity contribution is 7.99. The van der Waals surface area contributed by atoms with Crippen LogP contribution in [0.4, 0.5) is 5.82 Å². The van der Waals surface area contributed by atoms with Gasteiger partial charge in [-0.05, 0) is 16.9 Å². The van der Waals surface area contributed by atoms with Gasteiger partial charge >= 0.3 is 0 Å². The van der Waals surface area contributed by atoms with E-state index < -0.39 is 0 Å². The minimum Gasteiger partial charge on any atom is -0.373 e. The van der Waals surface area contributed by atoms with Crippen LogP contribution >= 0.6 is 11.8 Å². The molecule has 2 nitrogen and oxygen atoms in total. The van der Waals surface area contributed by atoms with Gasteiger partial charge in [0, 0.05) is 19.0 Å². The Morgan fingerprint density at radius 3 is 2.69 bits per heavy atom. The first-order chi connectivity index (χ1) is 6.22. The molecule has 1 N–H and O–H groups in total. The Morgan fingerprint density at radius 1 is 1.46 bits per heavy atom. The van der Waals surface area contributed by atoms with Crippen molar-refractivity contribution in [3.05, 3.63) is 23.9 Å². The van der Waals surface area contributed by atoms with Crippen molar-refractivity contribution in [2.75, 3.05) is 12.4 Å². The van der Waals surface area contributed by atoms with E-state index in [4.69, 9.17) is 0 Å². The quantitative estimate of drug-likeness (QED) is 0.801. The van der Waals surface area contributed by atoms with Gasteiger partial charge in [0.15, 0.2) is 0 Å². The smallest absolute Gasteiger partial charge is 0.125 e. The minimum atomic E-state index is 0.684. The predicted molar refractivity (Wildman–Crippen MR) is 60.2 cm³/mol. The van der Waals surface area contributed by atoms with Crippen LogP contribution in [0.15, 0.2) is 18.3 Å². The van der Waals surface area contributed by atoms with Gasteiger partial charge in [0.05, 0.1) is 0 Å². The lowest BCUT2D eigenvalue weighted by Crippen LogP contribution is -1.93. The number of anilines is 1. The molecule has 0 aliphatic heterocycles. The molecule has 13 heavy (non-hydrogen) atoms. The van der Waals surface area contributed by atoms with Gasteiger partial charge in [-0.1, -0.05) is 19.9 Å². The summed E-state index contributed by atoms with van der Waals surface area (Å²) < 4.78 is 0. The molecule has 0 aromatic carbocycles. The molecule has 0 saturated carbocycles. The van der Waals surface area contributed by atoms with E-state index in [0.717, 1.165) is 11.6 Å². The highest BCUT2D eigenvalue weighted by Gasteiger charge is 1.97. The molecule has 3 heteroatoms.